The minimum absolute atomic E-state index is 0.576. The molecule has 0 radical (unpaired) electrons. The number of fused-ring (bicyclic) bond motifs is 1. The van der Waals surface area contributed by atoms with Crippen LogP contribution in [0, 0.1) is 5.92 Å². The van der Waals surface area contributed by atoms with Gasteiger partial charge in [0.1, 0.15) is 0 Å². The molecule has 1 heterocycles. The smallest absolute Gasteiger partial charge is 0.0417 e. The fourth-order valence-electron chi connectivity index (χ4n) is 3.69. The molecular formula is C17H25NS. The summed E-state index contributed by atoms with van der Waals surface area (Å²) in [5.41, 5.74) is 3.10. The van der Waals surface area contributed by atoms with Crippen LogP contribution < -0.4 is 5.32 Å². The predicted molar refractivity (Wildman–Crippen MR) is 84.5 cm³/mol. The van der Waals surface area contributed by atoms with Crippen LogP contribution in [0.4, 0.5) is 0 Å². The van der Waals surface area contributed by atoms with E-state index in [2.05, 4.69) is 48.3 Å². The molecule has 1 aliphatic heterocycles. The van der Waals surface area contributed by atoms with Crippen molar-refractivity contribution >= 4 is 11.8 Å². The molecule has 1 fully saturated rings. The normalized spacial score (nSPS) is 30.9. The lowest BCUT2D eigenvalue weighted by atomic mass is 9.82. The molecule has 0 saturated heterocycles. The summed E-state index contributed by atoms with van der Waals surface area (Å²) < 4.78 is 0. The first-order valence-electron chi connectivity index (χ1n) is 7.80. The molecule has 0 spiro atoms. The van der Waals surface area contributed by atoms with E-state index in [-0.39, 0.29) is 0 Å². The zero-order valence-electron chi connectivity index (χ0n) is 11.9. The maximum atomic E-state index is 3.99. The van der Waals surface area contributed by atoms with Gasteiger partial charge in [0.25, 0.3) is 0 Å². The highest BCUT2D eigenvalue weighted by atomic mass is 32.2. The van der Waals surface area contributed by atoms with E-state index in [1.807, 2.05) is 0 Å². The SMILES string of the molecule is CCC1CCCCC1NC1CSCc2ccccc21. The standard InChI is InChI=1S/C17H25NS/c1-2-13-7-4-6-10-16(13)18-17-12-19-11-14-8-3-5-9-15(14)17/h3,5,8-9,13,16-18H,2,4,6-7,10-12H2,1H3. The Morgan fingerprint density at radius 3 is 2.95 bits per heavy atom. The number of hydrogen-bond acceptors (Lipinski definition) is 2. The van der Waals surface area contributed by atoms with Gasteiger partial charge in [-0.15, -0.1) is 0 Å². The molecule has 1 aliphatic carbocycles. The second kappa shape index (κ2) is 6.32. The van der Waals surface area contributed by atoms with Crippen LogP contribution in [0.3, 0.4) is 0 Å². The third kappa shape index (κ3) is 3.00. The average molecular weight is 275 g/mol. The summed E-state index contributed by atoms with van der Waals surface area (Å²) in [6.45, 7) is 2.36. The largest absolute Gasteiger partial charge is 0.306 e. The molecule has 0 aromatic heterocycles. The Hall–Kier alpha value is -0.470. The van der Waals surface area contributed by atoms with Gasteiger partial charge in [-0.05, 0) is 29.9 Å². The Balaban J connectivity index is 1.73. The molecule has 1 aromatic carbocycles. The van der Waals surface area contributed by atoms with E-state index >= 15 is 0 Å². The molecule has 0 bridgehead atoms. The Kier molecular flexibility index (Phi) is 4.49. The van der Waals surface area contributed by atoms with Gasteiger partial charge in [0.15, 0.2) is 0 Å². The molecule has 1 N–H and O–H groups in total. The molecule has 1 aromatic rings. The summed E-state index contributed by atoms with van der Waals surface area (Å²) >= 11 is 2.08. The maximum absolute atomic E-state index is 3.99. The van der Waals surface area contributed by atoms with E-state index < -0.39 is 0 Å². The Labute approximate surface area is 121 Å². The summed E-state index contributed by atoms with van der Waals surface area (Å²) in [7, 11) is 0. The highest BCUT2D eigenvalue weighted by Gasteiger charge is 2.28. The Morgan fingerprint density at radius 1 is 1.21 bits per heavy atom. The minimum atomic E-state index is 0.576. The molecule has 2 aliphatic rings. The van der Waals surface area contributed by atoms with Crippen molar-refractivity contribution in [1.82, 2.24) is 5.32 Å². The third-order valence-corrected chi connectivity index (χ3v) is 5.91. The van der Waals surface area contributed by atoms with Crippen molar-refractivity contribution in [1.29, 1.82) is 0 Å². The zero-order chi connectivity index (χ0) is 13.1. The van der Waals surface area contributed by atoms with Crippen LogP contribution in [0.1, 0.15) is 56.2 Å². The van der Waals surface area contributed by atoms with Gasteiger partial charge in [0, 0.05) is 23.6 Å². The number of thioether (sulfide) groups is 1. The van der Waals surface area contributed by atoms with Crippen LogP contribution in [-0.4, -0.2) is 11.8 Å². The molecule has 1 nitrogen and oxygen atoms in total. The lowest BCUT2D eigenvalue weighted by molar-refractivity contribution is 0.241. The third-order valence-electron chi connectivity index (χ3n) is 4.82. The number of rotatable bonds is 3. The van der Waals surface area contributed by atoms with E-state index in [0.29, 0.717) is 6.04 Å². The topological polar surface area (TPSA) is 12.0 Å². The van der Waals surface area contributed by atoms with E-state index in [1.54, 1.807) is 11.1 Å². The quantitative estimate of drug-likeness (QED) is 0.869. The summed E-state index contributed by atoms with van der Waals surface area (Å²) in [5, 5.41) is 3.99. The van der Waals surface area contributed by atoms with Crippen LogP contribution in [0.25, 0.3) is 0 Å². The molecule has 3 rings (SSSR count). The van der Waals surface area contributed by atoms with Crippen molar-refractivity contribution in [3.8, 4) is 0 Å². The van der Waals surface area contributed by atoms with Crippen molar-refractivity contribution in [2.45, 2.75) is 56.9 Å². The number of nitrogens with one attached hydrogen (secondary N) is 1. The summed E-state index contributed by atoms with van der Waals surface area (Å²) in [4.78, 5) is 0. The molecule has 19 heavy (non-hydrogen) atoms. The van der Waals surface area contributed by atoms with Crippen LogP contribution in [0.2, 0.25) is 0 Å². The van der Waals surface area contributed by atoms with Gasteiger partial charge in [-0.2, -0.15) is 11.8 Å². The van der Waals surface area contributed by atoms with Crippen LogP contribution in [0.5, 0.6) is 0 Å². The van der Waals surface area contributed by atoms with Gasteiger partial charge in [0.2, 0.25) is 0 Å². The van der Waals surface area contributed by atoms with Crippen molar-refractivity contribution in [3.63, 3.8) is 0 Å². The molecule has 0 amide bonds. The maximum Gasteiger partial charge on any atom is 0.0417 e. The van der Waals surface area contributed by atoms with Crippen LogP contribution in [-0.2, 0) is 5.75 Å². The van der Waals surface area contributed by atoms with Gasteiger partial charge in [0.05, 0.1) is 0 Å². The highest BCUT2D eigenvalue weighted by Crippen LogP contribution is 2.34. The summed E-state index contributed by atoms with van der Waals surface area (Å²) in [6, 6.07) is 10.3. The van der Waals surface area contributed by atoms with E-state index in [0.717, 1.165) is 12.0 Å². The molecule has 104 valence electrons. The fourth-order valence-corrected chi connectivity index (χ4v) is 4.81. The molecule has 3 atom stereocenters. The number of benzene rings is 1. The number of hydrogen-bond donors (Lipinski definition) is 1. The first-order valence-corrected chi connectivity index (χ1v) is 8.95. The summed E-state index contributed by atoms with van der Waals surface area (Å²) in [5.74, 6) is 3.33. The van der Waals surface area contributed by atoms with E-state index in [1.165, 1.54) is 43.6 Å². The van der Waals surface area contributed by atoms with E-state index in [9.17, 15) is 0 Å². The lowest BCUT2D eigenvalue weighted by Crippen LogP contribution is -2.42. The average Bonchev–Trinajstić information content (AvgIpc) is 2.48. The first-order chi connectivity index (χ1) is 9.38. The van der Waals surface area contributed by atoms with Crippen LogP contribution in [0.15, 0.2) is 24.3 Å². The molecular weight excluding hydrogens is 250 g/mol. The van der Waals surface area contributed by atoms with Crippen molar-refractivity contribution in [3.05, 3.63) is 35.4 Å². The van der Waals surface area contributed by atoms with Gasteiger partial charge in [-0.1, -0.05) is 50.5 Å². The van der Waals surface area contributed by atoms with Gasteiger partial charge < -0.3 is 5.32 Å². The first kappa shape index (κ1) is 13.5. The minimum Gasteiger partial charge on any atom is -0.306 e. The fraction of sp³-hybridized carbons (Fsp3) is 0.647. The lowest BCUT2D eigenvalue weighted by Gasteiger charge is -2.36. The Bertz CT molecular complexity index is 417. The van der Waals surface area contributed by atoms with Gasteiger partial charge in [-0.25, -0.2) is 0 Å². The monoisotopic (exact) mass is 275 g/mol. The summed E-state index contributed by atoms with van der Waals surface area (Å²) in [6.07, 6.45) is 6.99. The second-order valence-corrected chi connectivity index (χ2v) is 7.02. The predicted octanol–water partition coefficient (Wildman–Crippen LogP) is 4.53. The van der Waals surface area contributed by atoms with Gasteiger partial charge >= 0.3 is 0 Å². The Morgan fingerprint density at radius 2 is 2.05 bits per heavy atom. The van der Waals surface area contributed by atoms with Crippen molar-refractivity contribution < 1.29 is 0 Å². The van der Waals surface area contributed by atoms with Crippen LogP contribution >= 0.6 is 11.8 Å². The van der Waals surface area contributed by atoms with E-state index in [4.69, 9.17) is 0 Å². The zero-order valence-corrected chi connectivity index (χ0v) is 12.7. The molecule has 2 heteroatoms. The van der Waals surface area contributed by atoms with Crippen molar-refractivity contribution in [2.24, 2.45) is 5.92 Å². The van der Waals surface area contributed by atoms with Gasteiger partial charge in [-0.3, -0.25) is 0 Å². The molecule has 1 saturated carbocycles. The van der Waals surface area contributed by atoms with Crippen molar-refractivity contribution in [2.75, 3.05) is 5.75 Å². The second-order valence-electron chi connectivity index (χ2n) is 5.99. The molecule has 3 unspecified atom stereocenters. The highest BCUT2D eigenvalue weighted by molar-refractivity contribution is 7.98.